The summed E-state index contributed by atoms with van der Waals surface area (Å²) in [7, 11) is 2.85. The van der Waals surface area contributed by atoms with Crippen LogP contribution < -0.4 is 10.1 Å². The summed E-state index contributed by atoms with van der Waals surface area (Å²) < 4.78 is 10.3. The number of carbonyl (C=O) groups excluding carboxylic acids is 2. The summed E-state index contributed by atoms with van der Waals surface area (Å²) in [6.45, 7) is 0. The molecule has 0 heterocycles. The molecule has 5 nitrogen and oxygen atoms in total. The van der Waals surface area contributed by atoms with Gasteiger partial charge in [0.05, 0.1) is 24.7 Å². The van der Waals surface area contributed by atoms with Gasteiger partial charge in [-0.1, -0.05) is 109 Å². The monoisotopic (exact) mass is 527 g/mol. The normalized spacial score (nSPS) is 11.9. The Balaban J connectivity index is 1.71. The van der Waals surface area contributed by atoms with Crippen LogP contribution in [0.2, 0.25) is 5.02 Å². The molecule has 4 rings (SSSR count). The van der Waals surface area contributed by atoms with Crippen LogP contribution in [0.3, 0.4) is 0 Å². The topological polar surface area (TPSA) is 64.6 Å². The highest BCUT2D eigenvalue weighted by molar-refractivity contribution is 6.32. The maximum atomic E-state index is 13.8. The number of hydrogen-bond acceptors (Lipinski definition) is 4. The van der Waals surface area contributed by atoms with E-state index in [2.05, 4.69) is 5.32 Å². The molecule has 0 aliphatic heterocycles. The molecular formula is C32H30ClNO4. The first-order valence-electron chi connectivity index (χ1n) is 12.3. The summed E-state index contributed by atoms with van der Waals surface area (Å²) in [5.41, 5.74) is 2.92. The lowest BCUT2D eigenvalue weighted by Crippen LogP contribution is -2.46. The third-order valence-corrected chi connectivity index (χ3v) is 7.00. The minimum atomic E-state index is -0.892. The van der Waals surface area contributed by atoms with Crippen molar-refractivity contribution in [2.75, 3.05) is 14.2 Å². The van der Waals surface area contributed by atoms with Gasteiger partial charge in [-0.25, -0.2) is 4.79 Å². The first-order valence-corrected chi connectivity index (χ1v) is 12.7. The number of esters is 1. The van der Waals surface area contributed by atoms with Crippen molar-refractivity contribution >= 4 is 23.5 Å². The fraction of sp³-hybridized carbons (Fsp3) is 0.188. The van der Waals surface area contributed by atoms with E-state index in [1.807, 2.05) is 97.1 Å². The largest absolute Gasteiger partial charge is 0.495 e. The van der Waals surface area contributed by atoms with Crippen molar-refractivity contribution in [2.24, 2.45) is 0 Å². The van der Waals surface area contributed by atoms with Crippen molar-refractivity contribution < 1.29 is 19.1 Å². The van der Waals surface area contributed by atoms with Gasteiger partial charge in [0.15, 0.2) is 0 Å². The summed E-state index contributed by atoms with van der Waals surface area (Å²) >= 11 is 6.29. The minimum Gasteiger partial charge on any atom is -0.495 e. The second-order valence-corrected chi connectivity index (χ2v) is 9.40. The van der Waals surface area contributed by atoms with Gasteiger partial charge >= 0.3 is 5.97 Å². The van der Waals surface area contributed by atoms with E-state index < -0.39 is 17.4 Å². The predicted molar refractivity (Wildman–Crippen MR) is 149 cm³/mol. The number of amides is 1. The van der Waals surface area contributed by atoms with Crippen molar-refractivity contribution in [3.63, 3.8) is 0 Å². The highest BCUT2D eigenvalue weighted by Gasteiger charge is 2.39. The molecule has 194 valence electrons. The van der Waals surface area contributed by atoms with Gasteiger partial charge in [0.2, 0.25) is 5.91 Å². The molecule has 0 bridgehead atoms. The second kappa shape index (κ2) is 12.4. The standard InChI is InChI=1S/C32H30ClNO4/c1-37-29-19-18-23(20-27(29)33)21-28(31(36)38-2)34-30(35)22-32(24-12-6-3-7-13-24,25-14-8-4-9-15-25)26-16-10-5-11-17-26/h3-20,28H,21-22H2,1-2H3,(H,34,35)/t28-/m0/s1. The van der Waals surface area contributed by atoms with E-state index in [1.165, 1.54) is 14.2 Å². The zero-order valence-electron chi connectivity index (χ0n) is 21.4. The molecule has 1 N–H and O–H groups in total. The summed E-state index contributed by atoms with van der Waals surface area (Å²) in [5, 5.41) is 3.37. The number of rotatable bonds is 10. The van der Waals surface area contributed by atoms with Gasteiger partial charge in [0.25, 0.3) is 0 Å². The van der Waals surface area contributed by atoms with Crippen LogP contribution >= 0.6 is 11.6 Å². The van der Waals surface area contributed by atoms with E-state index in [9.17, 15) is 9.59 Å². The van der Waals surface area contributed by atoms with E-state index in [0.717, 1.165) is 22.3 Å². The van der Waals surface area contributed by atoms with Gasteiger partial charge in [0, 0.05) is 12.8 Å². The van der Waals surface area contributed by atoms with Crippen LogP contribution in [0.25, 0.3) is 0 Å². The number of nitrogens with one attached hydrogen (secondary N) is 1. The molecule has 4 aromatic rings. The Labute approximate surface area is 228 Å². The van der Waals surface area contributed by atoms with Crippen molar-refractivity contribution in [3.8, 4) is 5.75 Å². The Kier molecular flexibility index (Phi) is 8.82. The SMILES string of the molecule is COC(=O)[C@H](Cc1ccc(OC)c(Cl)c1)NC(=O)CC(c1ccccc1)(c1ccccc1)c1ccccc1. The molecule has 0 saturated carbocycles. The molecule has 1 amide bonds. The zero-order chi connectivity index (χ0) is 27.0. The summed E-state index contributed by atoms with van der Waals surface area (Å²) in [5.74, 6) is -0.279. The number of ether oxygens (including phenoxy) is 2. The average Bonchev–Trinajstić information content (AvgIpc) is 2.96. The number of hydrogen-bond donors (Lipinski definition) is 1. The minimum absolute atomic E-state index is 0.0852. The smallest absolute Gasteiger partial charge is 0.328 e. The highest BCUT2D eigenvalue weighted by Crippen LogP contribution is 2.42. The molecular weight excluding hydrogens is 498 g/mol. The molecule has 0 unspecified atom stereocenters. The molecule has 0 saturated heterocycles. The van der Waals surface area contributed by atoms with Crippen LogP contribution in [0.1, 0.15) is 28.7 Å². The molecule has 0 aliphatic carbocycles. The molecule has 0 fully saturated rings. The van der Waals surface area contributed by atoms with Gasteiger partial charge in [-0.2, -0.15) is 0 Å². The van der Waals surface area contributed by atoms with Crippen LogP contribution in [-0.2, 0) is 26.2 Å². The quantitative estimate of drug-likeness (QED) is 0.204. The third kappa shape index (κ3) is 5.90. The van der Waals surface area contributed by atoms with E-state index in [-0.39, 0.29) is 18.7 Å². The Morgan fingerprint density at radius 3 is 1.71 bits per heavy atom. The fourth-order valence-electron chi connectivity index (χ4n) is 4.87. The lowest BCUT2D eigenvalue weighted by atomic mass is 9.67. The Bertz CT molecular complexity index is 1260. The molecule has 0 aromatic heterocycles. The maximum Gasteiger partial charge on any atom is 0.328 e. The summed E-state index contributed by atoms with van der Waals surface area (Å²) in [6.07, 6.45) is 0.305. The maximum absolute atomic E-state index is 13.8. The van der Waals surface area contributed by atoms with Gasteiger partial charge in [0.1, 0.15) is 11.8 Å². The van der Waals surface area contributed by atoms with Gasteiger partial charge < -0.3 is 14.8 Å². The van der Waals surface area contributed by atoms with Gasteiger partial charge in [-0.15, -0.1) is 0 Å². The van der Waals surface area contributed by atoms with E-state index in [0.29, 0.717) is 10.8 Å². The average molecular weight is 528 g/mol. The van der Waals surface area contributed by atoms with E-state index in [4.69, 9.17) is 21.1 Å². The van der Waals surface area contributed by atoms with Crippen LogP contribution in [0.5, 0.6) is 5.75 Å². The molecule has 4 aromatic carbocycles. The molecule has 1 atom stereocenters. The highest BCUT2D eigenvalue weighted by atomic mass is 35.5. The number of methoxy groups -OCH3 is 2. The molecule has 38 heavy (non-hydrogen) atoms. The molecule has 0 radical (unpaired) electrons. The number of benzene rings is 4. The summed E-state index contributed by atoms with van der Waals surface area (Å²) in [6, 6.07) is 34.3. The summed E-state index contributed by atoms with van der Waals surface area (Å²) in [4.78, 5) is 26.5. The Hall–Kier alpha value is -4.09. The van der Waals surface area contributed by atoms with Gasteiger partial charge in [-0.3, -0.25) is 4.79 Å². The lowest BCUT2D eigenvalue weighted by Gasteiger charge is -2.36. The van der Waals surface area contributed by atoms with Crippen molar-refractivity contribution in [1.82, 2.24) is 5.32 Å². The number of halogens is 1. The van der Waals surface area contributed by atoms with Crippen LogP contribution in [0, 0.1) is 0 Å². The van der Waals surface area contributed by atoms with Crippen LogP contribution in [-0.4, -0.2) is 32.1 Å². The first kappa shape index (κ1) is 27.0. The van der Waals surface area contributed by atoms with E-state index >= 15 is 0 Å². The molecule has 0 aliphatic rings. The van der Waals surface area contributed by atoms with E-state index in [1.54, 1.807) is 12.1 Å². The van der Waals surface area contributed by atoms with Crippen molar-refractivity contribution in [1.29, 1.82) is 0 Å². The Morgan fingerprint density at radius 1 is 0.789 bits per heavy atom. The fourth-order valence-corrected chi connectivity index (χ4v) is 5.15. The lowest BCUT2D eigenvalue weighted by molar-refractivity contribution is -0.145. The molecule has 6 heteroatoms. The number of carbonyl (C=O) groups is 2. The van der Waals surface area contributed by atoms with Crippen molar-refractivity contribution in [2.45, 2.75) is 24.3 Å². The second-order valence-electron chi connectivity index (χ2n) is 9.00. The first-order chi connectivity index (χ1) is 18.5. The van der Waals surface area contributed by atoms with Gasteiger partial charge in [-0.05, 0) is 34.4 Å². The third-order valence-electron chi connectivity index (χ3n) is 6.70. The van der Waals surface area contributed by atoms with Crippen molar-refractivity contribution in [3.05, 3.63) is 136 Å². The Morgan fingerprint density at radius 2 is 1.29 bits per heavy atom. The predicted octanol–water partition coefficient (Wildman–Crippen LogP) is 5.97. The van der Waals surface area contributed by atoms with Crippen LogP contribution in [0.15, 0.2) is 109 Å². The van der Waals surface area contributed by atoms with Crippen LogP contribution in [0.4, 0.5) is 0 Å². The molecule has 0 spiro atoms. The zero-order valence-corrected chi connectivity index (χ0v) is 22.2.